The minimum absolute atomic E-state index is 0.715. The molecule has 0 radical (unpaired) electrons. The molecule has 0 aliphatic carbocycles. The molecule has 0 bridgehead atoms. The fourth-order valence-corrected chi connectivity index (χ4v) is 2.35. The summed E-state index contributed by atoms with van der Waals surface area (Å²) in [7, 11) is 2.05. The number of hydrogen-bond donors (Lipinski definition) is 0. The third kappa shape index (κ3) is 2.27. The molecule has 0 saturated heterocycles. The van der Waals surface area contributed by atoms with Crippen LogP contribution in [0.25, 0.3) is 0 Å². The van der Waals surface area contributed by atoms with Gasteiger partial charge in [-0.05, 0) is 12.3 Å². The normalized spacial score (nSPS) is 10.7. The minimum Gasteiger partial charge on any atom is -0.488 e. The number of aryl methyl sites for hydroxylation is 2. The van der Waals surface area contributed by atoms with Gasteiger partial charge in [0.1, 0.15) is 31.3 Å². The highest BCUT2D eigenvalue weighted by Gasteiger charge is 2.08. The van der Waals surface area contributed by atoms with Crippen molar-refractivity contribution in [3.8, 4) is 5.75 Å². The molecule has 0 aliphatic rings. The molecule has 16 heavy (non-hydrogen) atoms. The summed E-state index contributed by atoms with van der Waals surface area (Å²) in [6, 6.07) is 0. The summed E-state index contributed by atoms with van der Waals surface area (Å²) in [5.74, 6) is 2.25. The van der Waals surface area contributed by atoms with E-state index in [0.29, 0.717) is 6.61 Å². The van der Waals surface area contributed by atoms with Crippen molar-refractivity contribution in [3.05, 3.63) is 34.5 Å². The van der Waals surface area contributed by atoms with E-state index in [9.17, 15) is 0 Å². The first-order valence-corrected chi connectivity index (χ1v) is 6.29. The first-order chi connectivity index (χ1) is 7.68. The predicted molar refractivity (Wildman–Crippen MR) is 64.9 cm³/mol. The van der Waals surface area contributed by atoms with Gasteiger partial charge in [-0.25, -0.2) is 9.13 Å². The summed E-state index contributed by atoms with van der Waals surface area (Å²) in [6.45, 7) is 5.79. The minimum atomic E-state index is 0.715. The molecule has 4 heteroatoms. The molecular formula is C12H17N2OS+. The molecule has 0 atom stereocenters. The molecule has 2 rings (SSSR count). The van der Waals surface area contributed by atoms with Gasteiger partial charge in [-0.3, -0.25) is 0 Å². The predicted octanol–water partition coefficient (Wildman–Crippen LogP) is 2.07. The van der Waals surface area contributed by atoms with Crippen LogP contribution >= 0.6 is 11.3 Å². The van der Waals surface area contributed by atoms with Crippen LogP contribution in [-0.2, 0) is 13.6 Å². The Morgan fingerprint density at radius 2 is 2.19 bits per heavy atom. The van der Waals surface area contributed by atoms with Crippen molar-refractivity contribution in [3.63, 3.8) is 0 Å². The molecule has 0 N–H and O–H groups in total. The van der Waals surface area contributed by atoms with E-state index in [-0.39, 0.29) is 0 Å². The Kier molecular flexibility index (Phi) is 3.29. The molecule has 0 fully saturated rings. The van der Waals surface area contributed by atoms with Crippen molar-refractivity contribution >= 4 is 11.3 Å². The molecule has 3 nitrogen and oxygen atoms in total. The number of hydrogen-bond acceptors (Lipinski definition) is 2. The lowest BCUT2D eigenvalue weighted by atomic mass is 10.4. The number of rotatable bonds is 4. The Morgan fingerprint density at radius 3 is 2.75 bits per heavy atom. The zero-order valence-corrected chi connectivity index (χ0v) is 10.8. The van der Waals surface area contributed by atoms with Crippen LogP contribution in [0.15, 0.2) is 23.2 Å². The molecular weight excluding hydrogens is 220 g/mol. The second-order valence-corrected chi connectivity index (χ2v) is 4.66. The summed E-state index contributed by atoms with van der Waals surface area (Å²) in [5, 5.41) is 4.16. The third-order valence-electron chi connectivity index (χ3n) is 2.79. The fourth-order valence-electron chi connectivity index (χ4n) is 1.59. The highest BCUT2D eigenvalue weighted by molar-refractivity contribution is 7.08. The third-order valence-corrected chi connectivity index (χ3v) is 3.63. The van der Waals surface area contributed by atoms with Crippen LogP contribution in [0.4, 0.5) is 0 Å². The molecule has 0 aromatic carbocycles. The maximum absolute atomic E-state index is 5.73. The maximum atomic E-state index is 5.73. The first kappa shape index (κ1) is 11.2. The average molecular weight is 237 g/mol. The van der Waals surface area contributed by atoms with E-state index in [1.54, 1.807) is 11.3 Å². The molecule has 0 saturated carbocycles. The zero-order valence-electron chi connectivity index (χ0n) is 9.93. The number of aromatic nitrogens is 2. The average Bonchev–Trinajstić information content (AvgIpc) is 2.80. The smallest absolute Gasteiger partial charge is 0.253 e. The highest BCUT2D eigenvalue weighted by atomic mass is 32.1. The Labute approximate surface area is 99.9 Å². The van der Waals surface area contributed by atoms with Crippen molar-refractivity contribution in [2.75, 3.05) is 6.61 Å². The topological polar surface area (TPSA) is 18.0 Å². The molecule has 0 spiro atoms. The lowest BCUT2D eigenvalue weighted by molar-refractivity contribution is -0.677. The van der Waals surface area contributed by atoms with Crippen molar-refractivity contribution in [1.82, 2.24) is 4.57 Å². The van der Waals surface area contributed by atoms with Crippen molar-refractivity contribution in [1.29, 1.82) is 0 Å². The van der Waals surface area contributed by atoms with Crippen LogP contribution in [-0.4, -0.2) is 11.2 Å². The van der Waals surface area contributed by atoms with E-state index >= 15 is 0 Å². The molecule has 0 amide bonds. The summed E-state index contributed by atoms with van der Waals surface area (Å²) in [4.78, 5) is 0. The standard InChI is InChI=1S/C12H17N2OS/c1-10-8-16-9-12(10)15-7-6-14-5-4-13(3)11(14)2/h4-5,8-9H,6-7H2,1-3H3/q+1. The van der Waals surface area contributed by atoms with Gasteiger partial charge in [0.15, 0.2) is 0 Å². The van der Waals surface area contributed by atoms with Gasteiger partial charge in [-0.1, -0.05) is 0 Å². The van der Waals surface area contributed by atoms with Crippen molar-refractivity contribution in [2.45, 2.75) is 20.4 Å². The van der Waals surface area contributed by atoms with Gasteiger partial charge >= 0.3 is 0 Å². The number of nitrogens with zero attached hydrogens (tertiary/aromatic N) is 2. The lowest BCUT2D eigenvalue weighted by Crippen LogP contribution is -2.30. The van der Waals surface area contributed by atoms with E-state index in [1.165, 1.54) is 11.4 Å². The lowest BCUT2D eigenvalue weighted by Gasteiger charge is -2.04. The van der Waals surface area contributed by atoms with Gasteiger partial charge in [0.2, 0.25) is 0 Å². The first-order valence-electron chi connectivity index (χ1n) is 5.35. The number of imidazole rings is 1. The van der Waals surface area contributed by atoms with Crippen LogP contribution in [0.1, 0.15) is 11.4 Å². The molecule has 86 valence electrons. The Hall–Kier alpha value is -1.29. The second-order valence-electron chi connectivity index (χ2n) is 3.92. The second kappa shape index (κ2) is 4.70. The molecule has 0 unspecified atom stereocenters. The molecule has 2 aromatic rings. The quantitative estimate of drug-likeness (QED) is 0.744. The van der Waals surface area contributed by atoms with Gasteiger partial charge in [0.05, 0.1) is 7.05 Å². The molecule has 2 heterocycles. The van der Waals surface area contributed by atoms with Gasteiger partial charge in [-0.2, -0.15) is 0 Å². The van der Waals surface area contributed by atoms with Crippen LogP contribution in [0.3, 0.4) is 0 Å². The van der Waals surface area contributed by atoms with Gasteiger partial charge < -0.3 is 4.74 Å². The summed E-state index contributed by atoms with van der Waals surface area (Å²) in [6.07, 6.45) is 4.14. The van der Waals surface area contributed by atoms with Crippen LogP contribution in [0.2, 0.25) is 0 Å². The summed E-state index contributed by atoms with van der Waals surface area (Å²) >= 11 is 1.68. The number of ether oxygens (including phenoxy) is 1. The number of thiophene rings is 1. The van der Waals surface area contributed by atoms with Gasteiger partial charge in [0.25, 0.3) is 5.82 Å². The summed E-state index contributed by atoms with van der Waals surface area (Å²) < 4.78 is 10.0. The fraction of sp³-hybridized carbons (Fsp3) is 0.417. The van der Waals surface area contributed by atoms with Crippen LogP contribution in [0, 0.1) is 13.8 Å². The van der Waals surface area contributed by atoms with Gasteiger partial charge in [-0.15, -0.1) is 11.3 Å². The van der Waals surface area contributed by atoms with E-state index in [0.717, 1.165) is 12.3 Å². The van der Waals surface area contributed by atoms with Crippen molar-refractivity contribution in [2.24, 2.45) is 7.05 Å². The van der Waals surface area contributed by atoms with Gasteiger partial charge in [0, 0.05) is 17.9 Å². The molecule has 0 aliphatic heterocycles. The van der Waals surface area contributed by atoms with E-state index in [2.05, 4.69) is 53.2 Å². The molecule has 2 aromatic heterocycles. The highest BCUT2D eigenvalue weighted by Crippen LogP contribution is 2.21. The SMILES string of the molecule is Cc1cscc1OCCn1cc[n+](C)c1C. The van der Waals surface area contributed by atoms with Crippen LogP contribution < -0.4 is 9.30 Å². The van der Waals surface area contributed by atoms with E-state index < -0.39 is 0 Å². The Bertz CT molecular complexity index is 473. The monoisotopic (exact) mass is 237 g/mol. The summed E-state index contributed by atoms with van der Waals surface area (Å²) in [5.41, 5.74) is 1.22. The van der Waals surface area contributed by atoms with E-state index in [4.69, 9.17) is 4.74 Å². The Balaban J connectivity index is 1.89. The Morgan fingerprint density at radius 1 is 1.38 bits per heavy atom. The zero-order chi connectivity index (χ0) is 11.5. The van der Waals surface area contributed by atoms with E-state index in [1.807, 2.05) is 0 Å². The van der Waals surface area contributed by atoms with Crippen molar-refractivity contribution < 1.29 is 9.30 Å². The largest absolute Gasteiger partial charge is 0.488 e. The van der Waals surface area contributed by atoms with Crippen LogP contribution in [0.5, 0.6) is 5.75 Å². The maximum Gasteiger partial charge on any atom is 0.253 e.